The number of anilines is 6. The van der Waals surface area contributed by atoms with Crippen molar-refractivity contribution in [1.82, 2.24) is 0 Å². The summed E-state index contributed by atoms with van der Waals surface area (Å²) >= 11 is 0. The van der Waals surface area contributed by atoms with Gasteiger partial charge in [-0.05, 0) is 178 Å². The minimum absolute atomic E-state index is 0.155. The minimum atomic E-state index is -0.167. The van der Waals surface area contributed by atoms with Crippen LogP contribution in [0.1, 0.15) is 83.3 Å². The van der Waals surface area contributed by atoms with Crippen LogP contribution in [0.25, 0.3) is 34.4 Å². The number of rotatable bonds is 8. The maximum atomic E-state index is 2.44. The molecule has 0 saturated heterocycles. The zero-order valence-electron chi connectivity index (χ0n) is 37.2. The maximum absolute atomic E-state index is 2.44. The molecule has 0 fully saturated rings. The summed E-state index contributed by atoms with van der Waals surface area (Å²) in [6, 6.07) is 63.2. The molecule has 304 valence electrons. The van der Waals surface area contributed by atoms with Crippen molar-refractivity contribution in [2.24, 2.45) is 0 Å². The third-order valence-electron chi connectivity index (χ3n) is 13.3. The second kappa shape index (κ2) is 14.9. The van der Waals surface area contributed by atoms with E-state index >= 15 is 0 Å². The molecule has 0 N–H and O–H groups in total. The average molecular weight is 803 g/mol. The molecule has 0 aromatic heterocycles. The molecule has 8 aromatic carbocycles. The van der Waals surface area contributed by atoms with Gasteiger partial charge in [0.05, 0.1) is 0 Å². The van der Waals surface area contributed by atoms with Crippen molar-refractivity contribution in [2.45, 2.75) is 66.2 Å². The van der Waals surface area contributed by atoms with Crippen molar-refractivity contribution in [2.75, 3.05) is 9.80 Å². The van der Waals surface area contributed by atoms with E-state index in [1.807, 2.05) is 0 Å². The Labute approximate surface area is 368 Å². The minimum Gasteiger partial charge on any atom is -0.310 e. The van der Waals surface area contributed by atoms with Gasteiger partial charge < -0.3 is 9.80 Å². The Kier molecular flexibility index (Phi) is 9.45. The van der Waals surface area contributed by atoms with Gasteiger partial charge in [-0.25, -0.2) is 0 Å². The lowest BCUT2D eigenvalue weighted by molar-refractivity contribution is 0.660. The van der Waals surface area contributed by atoms with E-state index in [0.717, 1.165) is 11.4 Å². The van der Waals surface area contributed by atoms with Crippen molar-refractivity contribution in [3.8, 4) is 22.3 Å². The van der Waals surface area contributed by atoms with E-state index in [0.29, 0.717) is 0 Å². The Morgan fingerprint density at radius 3 is 1.00 bits per heavy atom. The molecule has 0 spiro atoms. The summed E-state index contributed by atoms with van der Waals surface area (Å²) in [5, 5.41) is 0. The summed E-state index contributed by atoms with van der Waals surface area (Å²) in [5.74, 6) is 0. The maximum Gasteiger partial charge on any atom is 0.0466 e. The van der Waals surface area contributed by atoms with Crippen LogP contribution < -0.4 is 9.80 Å². The zero-order valence-corrected chi connectivity index (χ0v) is 37.2. The van der Waals surface area contributed by atoms with E-state index in [4.69, 9.17) is 0 Å². The van der Waals surface area contributed by atoms with Crippen LogP contribution in [0.4, 0.5) is 34.1 Å². The van der Waals surface area contributed by atoms with Crippen LogP contribution >= 0.6 is 0 Å². The normalized spacial score (nSPS) is 14.0. The second-order valence-corrected chi connectivity index (χ2v) is 18.7. The summed E-state index contributed by atoms with van der Waals surface area (Å²) in [4.78, 5) is 4.79. The lowest BCUT2D eigenvalue weighted by Gasteiger charge is -2.29. The smallest absolute Gasteiger partial charge is 0.0466 e. The van der Waals surface area contributed by atoms with Crippen molar-refractivity contribution < 1.29 is 0 Å². The second-order valence-electron chi connectivity index (χ2n) is 18.7. The van der Waals surface area contributed by atoms with Crippen LogP contribution in [-0.2, 0) is 10.8 Å². The molecule has 0 atom stereocenters. The van der Waals surface area contributed by atoms with Gasteiger partial charge in [-0.1, -0.05) is 137 Å². The van der Waals surface area contributed by atoms with E-state index < -0.39 is 0 Å². The largest absolute Gasteiger partial charge is 0.310 e. The average Bonchev–Trinajstić information content (AvgIpc) is 3.61. The van der Waals surface area contributed by atoms with Crippen LogP contribution in [-0.4, -0.2) is 0 Å². The summed E-state index contributed by atoms with van der Waals surface area (Å²) in [6.07, 6.45) is 4.58. The molecule has 2 aliphatic rings. The van der Waals surface area contributed by atoms with E-state index in [1.54, 1.807) is 0 Å². The predicted molar refractivity (Wildman–Crippen MR) is 265 cm³/mol. The SMILES string of the molecule is Cc1cc(C)cc(N(c2cc(C)cc(C)c2)c2ccc3c(c2)C(C)(C)c2cc(/C=C/c4ccc5c(c4)C(C)(C)c4cc(N(c6ccccc6)c6ccccc6)ccc4-5)ccc2-3)c1. The van der Waals surface area contributed by atoms with Gasteiger partial charge >= 0.3 is 0 Å². The molecule has 0 bridgehead atoms. The molecule has 10 rings (SSSR count). The van der Waals surface area contributed by atoms with E-state index in [9.17, 15) is 0 Å². The molecule has 0 aliphatic heterocycles. The quantitative estimate of drug-likeness (QED) is 0.141. The van der Waals surface area contributed by atoms with Gasteiger partial charge in [-0.15, -0.1) is 0 Å². The fraction of sp³-hybridized carbons (Fsp3) is 0.167. The first-order chi connectivity index (χ1) is 29.8. The highest BCUT2D eigenvalue weighted by Crippen LogP contribution is 2.53. The van der Waals surface area contributed by atoms with Crippen LogP contribution in [0.2, 0.25) is 0 Å². The van der Waals surface area contributed by atoms with E-state index in [1.165, 1.54) is 101 Å². The Morgan fingerprint density at radius 2 is 0.629 bits per heavy atom. The van der Waals surface area contributed by atoms with Crippen LogP contribution in [0.15, 0.2) is 170 Å². The monoisotopic (exact) mass is 802 g/mol. The molecule has 62 heavy (non-hydrogen) atoms. The van der Waals surface area contributed by atoms with Gasteiger partial charge in [0.25, 0.3) is 0 Å². The van der Waals surface area contributed by atoms with Crippen LogP contribution in [0.5, 0.6) is 0 Å². The van der Waals surface area contributed by atoms with Crippen LogP contribution in [0, 0.1) is 27.7 Å². The number of hydrogen-bond acceptors (Lipinski definition) is 2. The van der Waals surface area contributed by atoms with E-state index in [2.05, 4.69) is 247 Å². The summed E-state index contributed by atoms with van der Waals surface area (Å²) < 4.78 is 0. The fourth-order valence-corrected chi connectivity index (χ4v) is 10.4. The molecule has 2 heteroatoms. The predicted octanol–water partition coefficient (Wildman–Crippen LogP) is 16.6. The standard InChI is InChI=1S/C60H54N2/c1-39-29-40(2)32-49(31-39)62(50-33-41(3)30-42(4)34-50)48-24-28-54-52-26-22-44(36-56(52)60(7,8)58(54)38-48)20-19-43-21-25-51-53-27-23-47(37-57(53)59(5,6)55(51)35-43)61(45-15-11-9-12-16-45)46-17-13-10-14-18-46/h9-38H,1-8H3/b20-19+. The molecular formula is C60H54N2. The zero-order chi connectivity index (χ0) is 42.9. The molecule has 0 saturated carbocycles. The molecule has 0 heterocycles. The number of benzene rings is 8. The molecular weight excluding hydrogens is 749 g/mol. The first kappa shape index (κ1) is 39.2. The van der Waals surface area contributed by atoms with E-state index in [-0.39, 0.29) is 10.8 Å². The fourth-order valence-electron chi connectivity index (χ4n) is 10.4. The Hall–Kier alpha value is -6.90. The number of nitrogens with zero attached hydrogens (tertiary/aromatic N) is 2. The molecule has 0 unspecified atom stereocenters. The van der Waals surface area contributed by atoms with Crippen LogP contribution in [0.3, 0.4) is 0 Å². The lowest BCUT2D eigenvalue weighted by atomic mass is 9.81. The van der Waals surface area contributed by atoms with Crippen molar-refractivity contribution >= 4 is 46.3 Å². The highest BCUT2D eigenvalue weighted by molar-refractivity contribution is 5.89. The first-order valence-electron chi connectivity index (χ1n) is 22.0. The van der Waals surface area contributed by atoms with Gasteiger partial charge in [0, 0.05) is 45.0 Å². The third-order valence-corrected chi connectivity index (χ3v) is 13.3. The van der Waals surface area contributed by atoms with Gasteiger partial charge in [0.2, 0.25) is 0 Å². The molecule has 8 aromatic rings. The highest BCUT2D eigenvalue weighted by atomic mass is 15.1. The lowest BCUT2D eigenvalue weighted by Crippen LogP contribution is -2.17. The number of para-hydroxylation sites is 2. The Balaban J connectivity index is 0.951. The number of aryl methyl sites for hydroxylation is 4. The van der Waals surface area contributed by atoms with Gasteiger partial charge in [-0.2, -0.15) is 0 Å². The number of fused-ring (bicyclic) bond motifs is 6. The molecule has 0 amide bonds. The van der Waals surface area contributed by atoms with Gasteiger partial charge in [0.15, 0.2) is 0 Å². The topological polar surface area (TPSA) is 6.48 Å². The molecule has 2 aliphatic carbocycles. The summed E-state index contributed by atoms with van der Waals surface area (Å²) in [7, 11) is 0. The Morgan fingerprint density at radius 1 is 0.306 bits per heavy atom. The van der Waals surface area contributed by atoms with Crippen molar-refractivity contribution in [3.63, 3.8) is 0 Å². The Bertz CT molecular complexity index is 2930. The molecule has 2 nitrogen and oxygen atoms in total. The molecule has 0 radical (unpaired) electrons. The van der Waals surface area contributed by atoms with Gasteiger partial charge in [0.1, 0.15) is 0 Å². The first-order valence-corrected chi connectivity index (χ1v) is 22.0. The summed E-state index contributed by atoms with van der Waals surface area (Å²) in [6.45, 7) is 18.3. The third kappa shape index (κ3) is 6.75. The number of hydrogen-bond donors (Lipinski definition) is 0. The van der Waals surface area contributed by atoms with Crippen molar-refractivity contribution in [1.29, 1.82) is 0 Å². The van der Waals surface area contributed by atoms with Crippen molar-refractivity contribution in [3.05, 3.63) is 225 Å². The summed E-state index contributed by atoms with van der Waals surface area (Å²) in [5.41, 5.74) is 25.0. The van der Waals surface area contributed by atoms with Gasteiger partial charge in [-0.3, -0.25) is 0 Å². The highest BCUT2D eigenvalue weighted by Gasteiger charge is 2.37.